The molecule has 0 atom stereocenters. The SMILES string of the molecule is FC(F)(F)C1CC[N]CC1. The summed E-state index contributed by atoms with van der Waals surface area (Å²) in [6.45, 7) is 0.758. The standard InChI is InChI=1S/C6H9F3N/c7-6(8,9)5-1-3-10-4-2-5/h5H,1-4H2. The highest BCUT2D eigenvalue weighted by Gasteiger charge is 2.39. The molecule has 0 aromatic carbocycles. The van der Waals surface area contributed by atoms with Crippen LogP contribution in [-0.2, 0) is 0 Å². The molecule has 59 valence electrons. The second-order valence-corrected chi connectivity index (χ2v) is 2.49. The Morgan fingerprint density at radius 2 is 1.60 bits per heavy atom. The smallest absolute Gasteiger partial charge is 0.242 e. The van der Waals surface area contributed by atoms with Crippen LogP contribution < -0.4 is 5.32 Å². The molecule has 4 heteroatoms. The lowest BCUT2D eigenvalue weighted by Gasteiger charge is -2.23. The maximum atomic E-state index is 11.9. The van der Waals surface area contributed by atoms with Crippen molar-refractivity contribution in [1.29, 1.82) is 0 Å². The van der Waals surface area contributed by atoms with Crippen LogP contribution in [0.25, 0.3) is 0 Å². The van der Waals surface area contributed by atoms with Gasteiger partial charge in [-0.15, -0.1) is 0 Å². The molecule has 1 fully saturated rings. The van der Waals surface area contributed by atoms with E-state index in [0.717, 1.165) is 0 Å². The summed E-state index contributed by atoms with van der Waals surface area (Å²) in [7, 11) is 0. The molecule has 0 aromatic heterocycles. The molecule has 0 bridgehead atoms. The summed E-state index contributed by atoms with van der Waals surface area (Å²) >= 11 is 0. The van der Waals surface area contributed by atoms with Gasteiger partial charge in [-0.2, -0.15) is 13.2 Å². The summed E-state index contributed by atoms with van der Waals surface area (Å²) in [6.07, 6.45) is -3.62. The molecule has 0 aliphatic carbocycles. The molecular weight excluding hydrogens is 143 g/mol. The molecule has 0 saturated carbocycles. The number of alkyl halides is 3. The molecule has 0 unspecified atom stereocenters. The number of piperidine rings is 1. The monoisotopic (exact) mass is 152 g/mol. The normalized spacial score (nSPS) is 23.1. The minimum atomic E-state index is -3.99. The lowest BCUT2D eigenvalue weighted by atomic mass is 9.98. The van der Waals surface area contributed by atoms with Crippen molar-refractivity contribution in [2.75, 3.05) is 13.1 Å². The Bertz CT molecular complexity index is 104. The van der Waals surface area contributed by atoms with Crippen LogP contribution in [-0.4, -0.2) is 19.3 Å². The Balaban J connectivity index is 2.39. The highest BCUT2D eigenvalue weighted by atomic mass is 19.4. The zero-order valence-electron chi connectivity index (χ0n) is 5.49. The van der Waals surface area contributed by atoms with Gasteiger partial charge in [0, 0.05) is 13.1 Å². The molecule has 1 saturated heterocycles. The van der Waals surface area contributed by atoms with Crippen LogP contribution in [0.3, 0.4) is 0 Å². The summed E-state index contributed by atoms with van der Waals surface area (Å²) in [5.74, 6) is -1.09. The van der Waals surface area contributed by atoms with Gasteiger partial charge in [-0.05, 0) is 12.8 Å². The molecule has 1 aliphatic rings. The van der Waals surface area contributed by atoms with Crippen molar-refractivity contribution in [1.82, 2.24) is 5.32 Å². The van der Waals surface area contributed by atoms with Gasteiger partial charge in [-0.25, -0.2) is 5.32 Å². The Kier molecular flexibility index (Phi) is 2.18. The third-order valence-electron chi connectivity index (χ3n) is 1.73. The molecule has 0 aromatic rings. The zero-order valence-corrected chi connectivity index (χ0v) is 5.49. The van der Waals surface area contributed by atoms with Gasteiger partial charge in [-0.3, -0.25) is 0 Å². The van der Waals surface area contributed by atoms with Crippen LogP contribution in [0.4, 0.5) is 13.2 Å². The Hall–Kier alpha value is -0.250. The van der Waals surface area contributed by atoms with Gasteiger partial charge in [0.2, 0.25) is 0 Å². The minimum Gasteiger partial charge on any atom is -0.242 e. The predicted molar refractivity (Wildman–Crippen MR) is 30.6 cm³/mol. The van der Waals surface area contributed by atoms with Gasteiger partial charge in [0.15, 0.2) is 0 Å². The van der Waals surface area contributed by atoms with Crippen LogP contribution in [0.15, 0.2) is 0 Å². The summed E-state index contributed by atoms with van der Waals surface area (Å²) < 4.78 is 35.7. The van der Waals surface area contributed by atoms with Crippen molar-refractivity contribution in [2.24, 2.45) is 5.92 Å². The van der Waals surface area contributed by atoms with Crippen LogP contribution in [0.5, 0.6) is 0 Å². The number of nitrogens with zero attached hydrogens (tertiary/aromatic N) is 1. The molecule has 10 heavy (non-hydrogen) atoms. The Labute approximate surface area is 57.6 Å². The third-order valence-corrected chi connectivity index (χ3v) is 1.73. The largest absolute Gasteiger partial charge is 0.391 e. The lowest BCUT2D eigenvalue weighted by molar-refractivity contribution is -0.180. The van der Waals surface area contributed by atoms with E-state index in [0.29, 0.717) is 13.1 Å². The average Bonchev–Trinajstić information content (AvgIpc) is 1.88. The van der Waals surface area contributed by atoms with E-state index >= 15 is 0 Å². The number of halogens is 3. The fourth-order valence-electron chi connectivity index (χ4n) is 1.08. The Morgan fingerprint density at radius 3 is 1.90 bits per heavy atom. The van der Waals surface area contributed by atoms with Crippen molar-refractivity contribution in [3.05, 3.63) is 0 Å². The molecule has 0 N–H and O–H groups in total. The number of hydrogen-bond acceptors (Lipinski definition) is 0. The van der Waals surface area contributed by atoms with E-state index in [2.05, 4.69) is 5.32 Å². The van der Waals surface area contributed by atoms with E-state index in [4.69, 9.17) is 0 Å². The van der Waals surface area contributed by atoms with E-state index in [9.17, 15) is 13.2 Å². The summed E-state index contributed by atoms with van der Waals surface area (Å²) in [6, 6.07) is 0. The zero-order chi connectivity index (χ0) is 7.61. The minimum absolute atomic E-state index is 0.184. The van der Waals surface area contributed by atoms with E-state index in [1.54, 1.807) is 0 Å². The van der Waals surface area contributed by atoms with Crippen LogP contribution in [0, 0.1) is 5.92 Å². The van der Waals surface area contributed by atoms with Gasteiger partial charge in [0.1, 0.15) is 0 Å². The highest BCUT2D eigenvalue weighted by Crippen LogP contribution is 2.32. The first-order valence-corrected chi connectivity index (χ1v) is 3.30. The fraction of sp³-hybridized carbons (Fsp3) is 1.00. The summed E-state index contributed by atoms with van der Waals surface area (Å²) in [5.41, 5.74) is 0. The van der Waals surface area contributed by atoms with E-state index in [-0.39, 0.29) is 12.8 Å². The molecule has 0 amide bonds. The van der Waals surface area contributed by atoms with Crippen molar-refractivity contribution >= 4 is 0 Å². The van der Waals surface area contributed by atoms with Gasteiger partial charge < -0.3 is 0 Å². The molecule has 0 spiro atoms. The molecule has 1 heterocycles. The van der Waals surface area contributed by atoms with Crippen LogP contribution in [0.1, 0.15) is 12.8 Å². The molecule has 1 aliphatic heterocycles. The van der Waals surface area contributed by atoms with E-state index < -0.39 is 12.1 Å². The highest BCUT2D eigenvalue weighted by molar-refractivity contribution is 4.73. The topological polar surface area (TPSA) is 14.1 Å². The van der Waals surface area contributed by atoms with Crippen molar-refractivity contribution in [3.8, 4) is 0 Å². The predicted octanol–water partition coefficient (Wildman–Crippen LogP) is 1.56. The number of rotatable bonds is 0. The summed E-state index contributed by atoms with van der Waals surface area (Å²) in [4.78, 5) is 0. The first-order valence-electron chi connectivity index (χ1n) is 3.30. The quantitative estimate of drug-likeness (QED) is 0.500. The van der Waals surface area contributed by atoms with Crippen molar-refractivity contribution < 1.29 is 13.2 Å². The second kappa shape index (κ2) is 2.78. The van der Waals surface area contributed by atoms with Gasteiger partial charge in [0.25, 0.3) is 0 Å². The fourth-order valence-corrected chi connectivity index (χ4v) is 1.08. The molecule has 1 rings (SSSR count). The molecule has 1 nitrogen and oxygen atoms in total. The van der Waals surface area contributed by atoms with E-state index in [1.165, 1.54) is 0 Å². The second-order valence-electron chi connectivity index (χ2n) is 2.49. The van der Waals surface area contributed by atoms with Gasteiger partial charge in [-0.1, -0.05) is 0 Å². The first kappa shape index (κ1) is 7.85. The maximum Gasteiger partial charge on any atom is 0.391 e. The van der Waals surface area contributed by atoms with Crippen molar-refractivity contribution in [2.45, 2.75) is 19.0 Å². The molecule has 1 radical (unpaired) electrons. The van der Waals surface area contributed by atoms with Gasteiger partial charge in [0.05, 0.1) is 5.92 Å². The van der Waals surface area contributed by atoms with Crippen LogP contribution >= 0.6 is 0 Å². The third kappa shape index (κ3) is 1.87. The maximum absolute atomic E-state index is 11.9. The lowest BCUT2D eigenvalue weighted by Crippen LogP contribution is -2.32. The average molecular weight is 152 g/mol. The summed E-state index contributed by atoms with van der Waals surface area (Å²) in [5, 5.41) is 3.84. The molecular formula is C6H9F3N. The van der Waals surface area contributed by atoms with E-state index in [1.807, 2.05) is 0 Å². The Morgan fingerprint density at radius 1 is 1.10 bits per heavy atom. The number of hydrogen-bond donors (Lipinski definition) is 0. The van der Waals surface area contributed by atoms with Gasteiger partial charge >= 0.3 is 6.18 Å². The van der Waals surface area contributed by atoms with Crippen LogP contribution in [0.2, 0.25) is 0 Å². The van der Waals surface area contributed by atoms with Crippen molar-refractivity contribution in [3.63, 3.8) is 0 Å². The first-order chi connectivity index (χ1) is 4.61.